The minimum atomic E-state index is -1.12. The number of ether oxygens (including phenoxy) is 1. The smallest absolute Gasteiger partial charge is 0.268 e. The average molecular weight is 470 g/mol. The molecule has 3 aromatic rings. The number of nitriles is 1. The molecule has 1 fully saturated rings. The van der Waals surface area contributed by atoms with Crippen molar-refractivity contribution in [3.8, 4) is 11.8 Å². The average Bonchev–Trinajstić information content (AvgIpc) is 3.40. The monoisotopic (exact) mass is 469 g/mol. The number of fused-ring (bicyclic) bond motifs is 2. The summed E-state index contributed by atoms with van der Waals surface area (Å²) in [5.74, 6) is 0.930. The van der Waals surface area contributed by atoms with Crippen molar-refractivity contribution in [2.24, 2.45) is 0 Å². The number of thioether (sulfide) groups is 1. The van der Waals surface area contributed by atoms with Crippen molar-refractivity contribution in [3.63, 3.8) is 0 Å². The van der Waals surface area contributed by atoms with Gasteiger partial charge in [-0.05, 0) is 48.9 Å². The normalized spacial score (nSPS) is 18.8. The Hall–Kier alpha value is -3.76. The Labute approximate surface area is 202 Å². The van der Waals surface area contributed by atoms with Crippen molar-refractivity contribution in [2.45, 2.75) is 18.3 Å². The van der Waals surface area contributed by atoms with Crippen molar-refractivity contribution < 1.29 is 14.3 Å². The first-order valence-electron chi connectivity index (χ1n) is 11.0. The number of anilines is 1. The summed E-state index contributed by atoms with van der Waals surface area (Å²) < 4.78 is 5.31. The summed E-state index contributed by atoms with van der Waals surface area (Å²) in [4.78, 5) is 30.2. The Morgan fingerprint density at radius 2 is 1.97 bits per heavy atom. The maximum absolute atomic E-state index is 14.1. The fourth-order valence-electron chi connectivity index (χ4n) is 4.72. The second kappa shape index (κ2) is 8.54. The highest BCUT2D eigenvalue weighted by molar-refractivity contribution is 8.01. The highest BCUT2D eigenvalue weighted by Crippen LogP contribution is 2.55. The van der Waals surface area contributed by atoms with E-state index in [1.165, 1.54) is 11.8 Å². The summed E-state index contributed by atoms with van der Waals surface area (Å²) in [5.41, 5.74) is 4.57. The van der Waals surface area contributed by atoms with Crippen LogP contribution in [0.3, 0.4) is 0 Å². The first-order chi connectivity index (χ1) is 16.5. The lowest BCUT2D eigenvalue weighted by atomic mass is 10.0. The van der Waals surface area contributed by atoms with Crippen LogP contribution in [0.4, 0.5) is 5.69 Å². The molecule has 0 saturated carbocycles. The first-order valence-corrected chi connectivity index (χ1v) is 12.0. The van der Waals surface area contributed by atoms with Gasteiger partial charge in [0.05, 0.1) is 31.0 Å². The predicted octanol–water partition coefficient (Wildman–Crippen LogP) is 4.46. The van der Waals surface area contributed by atoms with Crippen molar-refractivity contribution in [1.82, 2.24) is 4.90 Å². The van der Waals surface area contributed by atoms with E-state index in [9.17, 15) is 14.9 Å². The van der Waals surface area contributed by atoms with E-state index < -0.39 is 4.87 Å². The van der Waals surface area contributed by atoms with E-state index >= 15 is 0 Å². The third-order valence-corrected chi connectivity index (χ3v) is 7.73. The molecule has 1 saturated heterocycles. The number of rotatable bonds is 4. The summed E-state index contributed by atoms with van der Waals surface area (Å²) in [7, 11) is 1.56. The number of amides is 2. The molecule has 3 aromatic carbocycles. The molecule has 2 heterocycles. The van der Waals surface area contributed by atoms with Crippen LogP contribution < -0.4 is 9.64 Å². The van der Waals surface area contributed by atoms with Crippen LogP contribution in [0.5, 0.6) is 5.75 Å². The number of nitrogens with zero attached hydrogens (tertiary/aromatic N) is 3. The number of hydrogen-bond donors (Lipinski definition) is 0. The minimum Gasteiger partial charge on any atom is -0.497 e. The number of benzene rings is 3. The summed E-state index contributed by atoms with van der Waals surface area (Å²) in [6.07, 6.45) is 0. The van der Waals surface area contributed by atoms with E-state index in [0.717, 1.165) is 22.4 Å². The molecule has 0 radical (unpaired) electrons. The zero-order chi connectivity index (χ0) is 23.9. The van der Waals surface area contributed by atoms with E-state index in [2.05, 4.69) is 6.07 Å². The number of carbonyl (C=O) groups is 2. The molecule has 5 rings (SSSR count). The molecule has 7 heteroatoms. The fraction of sp³-hybridized carbons (Fsp3) is 0.222. The van der Waals surface area contributed by atoms with E-state index in [4.69, 9.17) is 4.74 Å². The number of methoxy groups -OCH3 is 1. The van der Waals surface area contributed by atoms with Crippen LogP contribution in [0, 0.1) is 18.3 Å². The Morgan fingerprint density at radius 1 is 1.15 bits per heavy atom. The number of hydrogen-bond acceptors (Lipinski definition) is 5. The molecule has 0 unspecified atom stereocenters. The van der Waals surface area contributed by atoms with Crippen LogP contribution in [0.25, 0.3) is 0 Å². The SMILES string of the molecule is COc1cccc(C(=O)N2CCS[C@]23C(=O)N(Cc2cccc(C#N)c2)c2ccc(C)cc23)c1. The van der Waals surface area contributed by atoms with Gasteiger partial charge in [0.25, 0.3) is 11.8 Å². The maximum atomic E-state index is 14.1. The number of aryl methyl sites for hydroxylation is 1. The quantitative estimate of drug-likeness (QED) is 0.564. The highest BCUT2D eigenvalue weighted by atomic mass is 32.2. The van der Waals surface area contributed by atoms with Crippen LogP contribution in [0.2, 0.25) is 0 Å². The van der Waals surface area contributed by atoms with Gasteiger partial charge in [0, 0.05) is 23.4 Å². The standard InChI is InChI=1S/C27H23N3O3S/c1-18-9-10-24-23(13-18)27(26(32)29(24)17-20-6-3-5-19(14-20)16-28)30(11-12-34-27)25(31)21-7-4-8-22(15-21)33-2/h3-10,13-15H,11-12,17H2,1-2H3/t27-/m1/s1. The molecule has 2 aliphatic rings. The zero-order valence-electron chi connectivity index (χ0n) is 18.9. The van der Waals surface area contributed by atoms with E-state index in [1.54, 1.807) is 53.3 Å². The predicted molar refractivity (Wildman–Crippen MR) is 132 cm³/mol. The van der Waals surface area contributed by atoms with Gasteiger partial charge in [-0.15, -0.1) is 11.8 Å². The van der Waals surface area contributed by atoms with Gasteiger partial charge in [-0.25, -0.2) is 0 Å². The molecule has 0 N–H and O–H groups in total. The largest absolute Gasteiger partial charge is 0.497 e. The van der Waals surface area contributed by atoms with Crippen molar-refractivity contribution in [1.29, 1.82) is 5.26 Å². The molecule has 2 aliphatic heterocycles. The van der Waals surface area contributed by atoms with Gasteiger partial charge in [-0.2, -0.15) is 5.26 Å². The van der Waals surface area contributed by atoms with Crippen LogP contribution >= 0.6 is 11.8 Å². The Morgan fingerprint density at radius 3 is 2.76 bits per heavy atom. The molecule has 34 heavy (non-hydrogen) atoms. The van der Waals surface area contributed by atoms with E-state index in [1.807, 2.05) is 37.3 Å². The summed E-state index contributed by atoms with van der Waals surface area (Å²) in [6, 6.07) is 22.4. The molecule has 1 spiro atoms. The lowest BCUT2D eigenvalue weighted by Crippen LogP contribution is -2.50. The van der Waals surface area contributed by atoms with Gasteiger partial charge < -0.3 is 14.5 Å². The summed E-state index contributed by atoms with van der Waals surface area (Å²) in [5, 5.41) is 9.29. The molecule has 1 atom stereocenters. The van der Waals surface area contributed by atoms with Crippen molar-refractivity contribution in [3.05, 3.63) is 94.5 Å². The summed E-state index contributed by atoms with van der Waals surface area (Å²) >= 11 is 1.51. The lowest BCUT2D eigenvalue weighted by Gasteiger charge is -2.33. The second-order valence-electron chi connectivity index (χ2n) is 8.41. The van der Waals surface area contributed by atoms with Crippen LogP contribution in [-0.2, 0) is 16.2 Å². The highest BCUT2D eigenvalue weighted by Gasteiger charge is 2.59. The Bertz CT molecular complexity index is 1350. The van der Waals surface area contributed by atoms with Gasteiger partial charge in [0.1, 0.15) is 5.75 Å². The van der Waals surface area contributed by atoms with Crippen LogP contribution in [0.1, 0.15) is 32.6 Å². The Balaban J connectivity index is 1.59. The van der Waals surface area contributed by atoms with Crippen LogP contribution in [-0.4, -0.2) is 36.1 Å². The zero-order valence-corrected chi connectivity index (χ0v) is 19.8. The van der Waals surface area contributed by atoms with Gasteiger partial charge >= 0.3 is 0 Å². The van der Waals surface area contributed by atoms with Gasteiger partial charge in [-0.1, -0.05) is 35.9 Å². The second-order valence-corrected chi connectivity index (χ2v) is 9.69. The fourth-order valence-corrected chi connectivity index (χ4v) is 6.17. The molecule has 0 bridgehead atoms. The molecule has 170 valence electrons. The van der Waals surface area contributed by atoms with E-state index in [0.29, 0.717) is 35.7 Å². The van der Waals surface area contributed by atoms with Gasteiger partial charge in [0.15, 0.2) is 4.87 Å². The first kappa shape index (κ1) is 22.1. The topological polar surface area (TPSA) is 73.6 Å². The molecular formula is C27H23N3O3S. The third kappa shape index (κ3) is 3.42. The molecule has 0 aromatic heterocycles. The third-order valence-electron chi connectivity index (χ3n) is 6.31. The van der Waals surface area contributed by atoms with Crippen molar-refractivity contribution >= 4 is 29.3 Å². The molecule has 2 amide bonds. The number of carbonyl (C=O) groups excluding carboxylic acids is 2. The Kier molecular flexibility index (Phi) is 5.54. The van der Waals surface area contributed by atoms with Crippen molar-refractivity contribution in [2.75, 3.05) is 24.3 Å². The van der Waals surface area contributed by atoms with Crippen LogP contribution in [0.15, 0.2) is 66.7 Å². The minimum absolute atomic E-state index is 0.130. The van der Waals surface area contributed by atoms with Gasteiger partial charge in [0.2, 0.25) is 0 Å². The molecule has 6 nitrogen and oxygen atoms in total. The lowest BCUT2D eigenvalue weighted by molar-refractivity contribution is -0.123. The van der Waals surface area contributed by atoms with Gasteiger partial charge in [-0.3, -0.25) is 9.59 Å². The molecular weight excluding hydrogens is 446 g/mol. The maximum Gasteiger partial charge on any atom is 0.268 e. The van der Waals surface area contributed by atoms with E-state index in [-0.39, 0.29) is 11.8 Å². The molecule has 0 aliphatic carbocycles. The summed E-state index contributed by atoms with van der Waals surface area (Å²) in [6.45, 7) is 2.79.